The van der Waals surface area contributed by atoms with Gasteiger partial charge in [0.15, 0.2) is 15.7 Å². The first kappa shape index (κ1) is 29.6. The molecule has 0 radical (unpaired) electrons. The van der Waals surface area contributed by atoms with Gasteiger partial charge in [0, 0.05) is 89.0 Å². The second kappa shape index (κ2) is 12.2. The zero-order valence-electron chi connectivity index (χ0n) is 25.8. The van der Waals surface area contributed by atoms with E-state index in [1.54, 1.807) is 7.11 Å². The number of nitrogens with two attached hydrogens (primary N) is 1. The summed E-state index contributed by atoms with van der Waals surface area (Å²) in [6.07, 6.45) is 0.135. The number of benzene rings is 1. The molecular formula is C29H40B2N10O2. The molecule has 3 aliphatic rings. The number of nitrogens with zero attached hydrogens (tertiary/aromatic N) is 9. The number of aryl methyl sites for hydroxylation is 1. The Kier molecular flexibility index (Phi) is 8.42. The zero-order chi connectivity index (χ0) is 30.2. The Balaban J connectivity index is 1.11. The van der Waals surface area contributed by atoms with Gasteiger partial charge in [0.1, 0.15) is 22.9 Å². The number of morpholine rings is 1. The van der Waals surface area contributed by atoms with Crippen LogP contribution in [-0.2, 0) is 9.47 Å². The van der Waals surface area contributed by atoms with E-state index in [-0.39, 0.29) is 24.4 Å². The Labute approximate surface area is 255 Å². The van der Waals surface area contributed by atoms with Crippen LogP contribution in [0.3, 0.4) is 0 Å². The van der Waals surface area contributed by atoms with Crippen molar-refractivity contribution in [1.29, 1.82) is 5.26 Å². The lowest BCUT2D eigenvalue weighted by Gasteiger charge is -2.42. The number of aromatic nitrogens is 4. The van der Waals surface area contributed by atoms with E-state index in [0.717, 1.165) is 98.8 Å². The van der Waals surface area contributed by atoms with Crippen molar-refractivity contribution >= 4 is 55.4 Å². The van der Waals surface area contributed by atoms with Crippen molar-refractivity contribution < 1.29 is 9.47 Å². The van der Waals surface area contributed by atoms with Crippen molar-refractivity contribution in [3.63, 3.8) is 0 Å². The van der Waals surface area contributed by atoms with Gasteiger partial charge in [-0.05, 0) is 26.0 Å². The molecule has 14 heteroatoms. The molecule has 0 spiro atoms. The van der Waals surface area contributed by atoms with Crippen molar-refractivity contribution in [2.75, 3.05) is 80.7 Å². The third-order valence-corrected chi connectivity index (χ3v) is 8.88. The number of piperazine rings is 1. The Hall–Kier alpha value is -3.50. The van der Waals surface area contributed by atoms with Crippen LogP contribution in [-0.4, -0.2) is 131 Å². The largest absolute Gasteiger partial charge is 0.378 e. The lowest BCUT2D eigenvalue weighted by atomic mass is 9.90. The molecule has 3 aromatic rings. The second-order valence-corrected chi connectivity index (χ2v) is 12.1. The molecule has 224 valence electrons. The zero-order valence-corrected chi connectivity index (χ0v) is 25.8. The lowest BCUT2D eigenvalue weighted by Crippen LogP contribution is -2.54. The fourth-order valence-corrected chi connectivity index (χ4v) is 6.47. The molecule has 3 saturated heterocycles. The third kappa shape index (κ3) is 6.13. The predicted molar refractivity (Wildman–Crippen MR) is 174 cm³/mol. The molecule has 1 aromatic carbocycles. The molecule has 0 bridgehead atoms. The van der Waals surface area contributed by atoms with Crippen molar-refractivity contribution in [1.82, 2.24) is 24.8 Å². The molecule has 0 aliphatic carbocycles. The topological polar surface area (TPSA) is 133 Å². The molecule has 12 nitrogen and oxygen atoms in total. The maximum absolute atomic E-state index is 9.68. The second-order valence-electron chi connectivity index (χ2n) is 12.1. The molecule has 0 saturated carbocycles. The van der Waals surface area contributed by atoms with E-state index < -0.39 is 0 Å². The average molecular weight is 582 g/mol. The van der Waals surface area contributed by atoms with Gasteiger partial charge in [-0.2, -0.15) is 10.2 Å². The summed E-state index contributed by atoms with van der Waals surface area (Å²) in [5.74, 6) is 1.69. The molecule has 0 unspecified atom stereocenters. The summed E-state index contributed by atoms with van der Waals surface area (Å²) < 4.78 is 12.0. The normalized spacial score (nSPS) is 25.0. The molecule has 2 aromatic heterocycles. The SMILES string of the molecule is Bc1nc2c(C#N)ccc(N3C[C@H](CN4CCN(c5nc(C)cc(N6C[C@H](OC)[C@@H](N)C6)n5)CC4)O[C@H](C)C3)c2nc1B. The first-order valence-electron chi connectivity index (χ1n) is 15.2. The van der Waals surface area contributed by atoms with Gasteiger partial charge in [0.05, 0.1) is 35.6 Å². The summed E-state index contributed by atoms with van der Waals surface area (Å²) in [5.41, 5.74) is 12.0. The van der Waals surface area contributed by atoms with E-state index in [1.165, 1.54) is 0 Å². The molecule has 3 aliphatic heterocycles. The number of rotatable bonds is 6. The summed E-state index contributed by atoms with van der Waals surface area (Å²) in [6, 6.07) is 8.17. The van der Waals surface area contributed by atoms with E-state index in [0.29, 0.717) is 11.1 Å². The first-order chi connectivity index (χ1) is 20.7. The molecule has 43 heavy (non-hydrogen) atoms. The predicted octanol–water partition coefficient (Wildman–Crippen LogP) is -2.31. The van der Waals surface area contributed by atoms with Crippen molar-refractivity contribution in [2.24, 2.45) is 5.73 Å². The Morgan fingerprint density at radius 1 is 0.977 bits per heavy atom. The van der Waals surface area contributed by atoms with Gasteiger partial charge in [0.2, 0.25) is 5.95 Å². The number of nitriles is 1. The number of hydrogen-bond donors (Lipinski definition) is 1. The molecule has 6 rings (SSSR count). The van der Waals surface area contributed by atoms with Gasteiger partial charge in [-0.15, -0.1) is 0 Å². The lowest BCUT2D eigenvalue weighted by molar-refractivity contribution is -0.0327. The fraction of sp³-hybridized carbons (Fsp3) is 0.552. The molecule has 0 amide bonds. The maximum Gasteiger partial charge on any atom is 0.227 e. The van der Waals surface area contributed by atoms with Crippen molar-refractivity contribution in [3.8, 4) is 6.07 Å². The molecule has 3 fully saturated rings. The highest BCUT2D eigenvalue weighted by Gasteiger charge is 2.33. The molecular weight excluding hydrogens is 542 g/mol. The molecule has 4 atom stereocenters. The van der Waals surface area contributed by atoms with Crippen LogP contribution in [0.15, 0.2) is 18.2 Å². The van der Waals surface area contributed by atoms with E-state index in [1.807, 2.05) is 40.8 Å². The average Bonchev–Trinajstić information content (AvgIpc) is 3.37. The first-order valence-corrected chi connectivity index (χ1v) is 15.2. The maximum atomic E-state index is 9.68. The Morgan fingerprint density at radius 2 is 1.72 bits per heavy atom. The third-order valence-electron chi connectivity index (χ3n) is 8.88. The van der Waals surface area contributed by atoms with E-state index in [4.69, 9.17) is 35.1 Å². The minimum absolute atomic E-state index is 0.0137. The van der Waals surface area contributed by atoms with E-state index in [2.05, 4.69) is 32.6 Å². The van der Waals surface area contributed by atoms with Gasteiger partial charge < -0.3 is 29.9 Å². The Morgan fingerprint density at radius 3 is 2.42 bits per heavy atom. The van der Waals surface area contributed by atoms with Crippen LogP contribution < -0.4 is 31.6 Å². The number of methoxy groups -OCH3 is 1. The summed E-state index contributed by atoms with van der Waals surface area (Å²) in [7, 11) is 5.62. The number of anilines is 3. The van der Waals surface area contributed by atoms with Crippen LogP contribution in [0.5, 0.6) is 0 Å². The van der Waals surface area contributed by atoms with Gasteiger partial charge in [0.25, 0.3) is 0 Å². The van der Waals surface area contributed by atoms with Gasteiger partial charge >= 0.3 is 0 Å². The minimum atomic E-state index is -0.0233. The summed E-state index contributed by atoms with van der Waals surface area (Å²) in [6.45, 7) is 11.5. The van der Waals surface area contributed by atoms with Gasteiger partial charge in [-0.3, -0.25) is 14.9 Å². The van der Waals surface area contributed by atoms with Crippen LogP contribution in [0.2, 0.25) is 0 Å². The number of hydrogen-bond acceptors (Lipinski definition) is 12. The van der Waals surface area contributed by atoms with Crippen LogP contribution in [0.4, 0.5) is 17.5 Å². The monoisotopic (exact) mass is 582 g/mol. The Bertz CT molecular complexity index is 1530. The smallest absolute Gasteiger partial charge is 0.227 e. The highest BCUT2D eigenvalue weighted by atomic mass is 16.5. The van der Waals surface area contributed by atoms with E-state index in [9.17, 15) is 5.26 Å². The molecule has 2 N–H and O–H groups in total. The highest BCUT2D eigenvalue weighted by molar-refractivity contribution is 6.46. The van der Waals surface area contributed by atoms with Crippen LogP contribution in [0, 0.1) is 18.3 Å². The van der Waals surface area contributed by atoms with Crippen LogP contribution >= 0.6 is 0 Å². The summed E-state index contributed by atoms with van der Waals surface area (Å²) in [5, 5.41) is 9.68. The fourth-order valence-electron chi connectivity index (χ4n) is 6.47. The van der Waals surface area contributed by atoms with Crippen LogP contribution in [0.1, 0.15) is 18.2 Å². The number of fused-ring (bicyclic) bond motifs is 1. The standard InChI is InChI=1S/C29H40B2N10O2/c1-17-10-24(41-15-21(33)23(16-41)42-3)35-29(34-17)39-8-6-38(7-9-39)13-20-14-40(12-18(2)43-20)22-5-4-19(11-32)25-26(22)37-28(31)27(30)36-25/h4-5,10,18,20-21,23H,6-9,12-16,30-31,33H2,1-3H3/t18-,20+,21+,23+/m1/s1. The minimum Gasteiger partial charge on any atom is -0.378 e. The van der Waals surface area contributed by atoms with Crippen molar-refractivity contribution in [3.05, 3.63) is 29.5 Å². The van der Waals surface area contributed by atoms with E-state index >= 15 is 0 Å². The summed E-state index contributed by atoms with van der Waals surface area (Å²) in [4.78, 5) is 28.6. The quantitative estimate of drug-likeness (QED) is 0.314. The number of ether oxygens (including phenoxy) is 2. The van der Waals surface area contributed by atoms with Crippen LogP contribution in [0.25, 0.3) is 11.0 Å². The molecule has 5 heterocycles. The highest BCUT2D eigenvalue weighted by Crippen LogP contribution is 2.29. The summed E-state index contributed by atoms with van der Waals surface area (Å²) >= 11 is 0. The van der Waals surface area contributed by atoms with Crippen molar-refractivity contribution in [2.45, 2.75) is 38.2 Å². The van der Waals surface area contributed by atoms with Gasteiger partial charge in [-0.1, -0.05) is 0 Å². The van der Waals surface area contributed by atoms with Gasteiger partial charge in [-0.25, -0.2) is 4.98 Å².